The monoisotopic (exact) mass is 288 g/mol. The number of halogens is 3. The van der Waals surface area contributed by atoms with Gasteiger partial charge in [-0.1, -0.05) is 23.7 Å². The summed E-state index contributed by atoms with van der Waals surface area (Å²) in [4.78, 5) is 0.986. The molecule has 17 heavy (non-hydrogen) atoms. The summed E-state index contributed by atoms with van der Waals surface area (Å²) in [5.41, 5.74) is 2.52. The van der Waals surface area contributed by atoms with Gasteiger partial charge in [0.2, 0.25) is 0 Å². The van der Waals surface area contributed by atoms with Crippen molar-refractivity contribution in [1.29, 1.82) is 0 Å². The highest BCUT2D eigenvalue weighted by molar-refractivity contribution is 7.16. The van der Waals surface area contributed by atoms with Gasteiger partial charge in [-0.15, -0.1) is 22.9 Å². The molecule has 1 atom stereocenters. The van der Waals surface area contributed by atoms with E-state index in [1.54, 1.807) is 19.1 Å². The number of hydrogen-bond donors (Lipinski definition) is 0. The Morgan fingerprint density at radius 2 is 1.88 bits per heavy atom. The number of alkyl halides is 1. The summed E-state index contributed by atoms with van der Waals surface area (Å²) in [6, 6.07) is 6.91. The smallest absolute Gasteiger partial charge is 0.126 e. The second kappa shape index (κ2) is 4.97. The van der Waals surface area contributed by atoms with Crippen LogP contribution in [0.5, 0.6) is 0 Å². The molecule has 1 unspecified atom stereocenters. The van der Waals surface area contributed by atoms with Crippen LogP contribution in [0.3, 0.4) is 0 Å². The maximum atomic E-state index is 13.2. The molecule has 0 amide bonds. The summed E-state index contributed by atoms with van der Waals surface area (Å²) >= 11 is 13.9. The Hall–Kier alpha value is -0.570. The van der Waals surface area contributed by atoms with Gasteiger partial charge in [-0.3, -0.25) is 0 Å². The van der Waals surface area contributed by atoms with E-state index in [9.17, 15) is 4.39 Å². The Bertz CT molecular complexity index is 529. The van der Waals surface area contributed by atoms with Crippen molar-refractivity contribution in [2.45, 2.75) is 19.2 Å². The van der Waals surface area contributed by atoms with Crippen LogP contribution in [0.25, 0.3) is 0 Å². The topological polar surface area (TPSA) is 0 Å². The van der Waals surface area contributed by atoms with Gasteiger partial charge < -0.3 is 0 Å². The third-order valence-corrected chi connectivity index (χ3v) is 4.84. The van der Waals surface area contributed by atoms with Gasteiger partial charge in [0.25, 0.3) is 0 Å². The van der Waals surface area contributed by atoms with Gasteiger partial charge in [0.05, 0.1) is 9.71 Å². The van der Waals surface area contributed by atoms with Gasteiger partial charge in [0, 0.05) is 4.88 Å². The normalized spacial score (nSPS) is 12.8. The van der Waals surface area contributed by atoms with Crippen molar-refractivity contribution in [3.8, 4) is 0 Å². The standard InChI is InChI=1S/C13H11Cl2FS/c1-7-5-9(3-4-10(7)16)12(14)11-6-8(2)13(15)17-11/h3-6,12H,1-2H3. The molecule has 0 aliphatic heterocycles. The highest BCUT2D eigenvalue weighted by Gasteiger charge is 2.15. The molecule has 0 N–H and O–H groups in total. The van der Waals surface area contributed by atoms with Crippen LogP contribution in [-0.4, -0.2) is 0 Å². The predicted molar refractivity (Wildman–Crippen MR) is 72.9 cm³/mol. The highest BCUT2D eigenvalue weighted by Crippen LogP contribution is 2.38. The van der Waals surface area contributed by atoms with Crippen LogP contribution in [0, 0.1) is 19.7 Å². The molecule has 0 fully saturated rings. The van der Waals surface area contributed by atoms with E-state index in [0.29, 0.717) is 5.56 Å². The zero-order valence-electron chi connectivity index (χ0n) is 9.43. The zero-order chi connectivity index (χ0) is 12.6. The Morgan fingerprint density at radius 3 is 2.41 bits per heavy atom. The summed E-state index contributed by atoms with van der Waals surface area (Å²) in [5.74, 6) is -0.210. The molecule has 0 nitrogen and oxygen atoms in total. The molecule has 4 heteroatoms. The second-order valence-corrected chi connectivity index (χ2v) is 6.10. The molecule has 1 aromatic heterocycles. The van der Waals surface area contributed by atoms with Gasteiger partial charge in [0.1, 0.15) is 5.82 Å². The molecule has 0 aliphatic carbocycles. The van der Waals surface area contributed by atoms with Crippen LogP contribution in [-0.2, 0) is 0 Å². The lowest BCUT2D eigenvalue weighted by molar-refractivity contribution is 0.617. The molecule has 1 aromatic carbocycles. The number of thiophene rings is 1. The molecule has 0 saturated carbocycles. The van der Waals surface area contributed by atoms with Crippen molar-refractivity contribution in [2.24, 2.45) is 0 Å². The molecule has 1 heterocycles. The third-order valence-electron chi connectivity index (χ3n) is 2.60. The number of rotatable bonds is 2. The van der Waals surface area contributed by atoms with E-state index in [1.807, 2.05) is 13.0 Å². The minimum absolute atomic E-state index is 0.210. The average Bonchev–Trinajstić information content (AvgIpc) is 2.62. The lowest BCUT2D eigenvalue weighted by Gasteiger charge is -2.08. The Morgan fingerprint density at radius 1 is 1.18 bits per heavy atom. The van der Waals surface area contributed by atoms with Crippen molar-refractivity contribution in [1.82, 2.24) is 0 Å². The third kappa shape index (κ3) is 2.65. The highest BCUT2D eigenvalue weighted by atomic mass is 35.5. The van der Waals surface area contributed by atoms with Gasteiger partial charge in [-0.25, -0.2) is 4.39 Å². The fraction of sp³-hybridized carbons (Fsp3) is 0.231. The molecule has 0 spiro atoms. The molecular weight excluding hydrogens is 278 g/mol. The SMILES string of the molecule is Cc1cc(C(Cl)c2cc(C)c(Cl)s2)ccc1F. The van der Waals surface area contributed by atoms with E-state index in [0.717, 1.165) is 20.3 Å². The van der Waals surface area contributed by atoms with E-state index in [1.165, 1.54) is 17.4 Å². The van der Waals surface area contributed by atoms with Crippen LogP contribution in [0.2, 0.25) is 4.34 Å². The first-order valence-corrected chi connectivity index (χ1v) is 6.78. The van der Waals surface area contributed by atoms with E-state index in [4.69, 9.17) is 23.2 Å². The van der Waals surface area contributed by atoms with Crippen molar-refractivity contribution < 1.29 is 4.39 Å². The van der Waals surface area contributed by atoms with E-state index in [2.05, 4.69) is 0 Å². The van der Waals surface area contributed by atoms with E-state index >= 15 is 0 Å². The van der Waals surface area contributed by atoms with Gasteiger partial charge in [-0.2, -0.15) is 0 Å². The summed E-state index contributed by atoms with van der Waals surface area (Å²) < 4.78 is 13.9. The van der Waals surface area contributed by atoms with Crippen LogP contribution in [0.1, 0.15) is 26.9 Å². The maximum absolute atomic E-state index is 13.2. The Kier molecular flexibility index (Phi) is 3.76. The first kappa shape index (κ1) is 12.9. The molecule has 0 aliphatic rings. The van der Waals surface area contributed by atoms with Crippen LogP contribution in [0.4, 0.5) is 4.39 Å². The Labute approximate surface area is 114 Å². The van der Waals surface area contributed by atoms with Crippen LogP contribution >= 0.6 is 34.5 Å². The molecule has 90 valence electrons. The fourth-order valence-electron chi connectivity index (χ4n) is 1.60. The molecular formula is C13H11Cl2FS. The van der Waals surface area contributed by atoms with Crippen molar-refractivity contribution in [3.05, 3.63) is 56.0 Å². The number of aryl methyl sites for hydroxylation is 2. The molecule has 0 radical (unpaired) electrons. The van der Waals surface area contributed by atoms with Gasteiger partial charge in [-0.05, 0) is 42.7 Å². The zero-order valence-corrected chi connectivity index (χ0v) is 11.8. The van der Waals surface area contributed by atoms with Crippen molar-refractivity contribution in [2.75, 3.05) is 0 Å². The quantitative estimate of drug-likeness (QED) is 0.642. The minimum atomic E-state index is -0.273. The number of hydrogen-bond acceptors (Lipinski definition) is 1. The second-order valence-electron chi connectivity index (χ2n) is 3.98. The first-order valence-electron chi connectivity index (χ1n) is 5.15. The average molecular weight is 289 g/mol. The molecule has 2 aromatic rings. The largest absolute Gasteiger partial charge is 0.207 e. The summed E-state index contributed by atoms with van der Waals surface area (Å²) in [7, 11) is 0. The fourth-order valence-corrected chi connectivity index (χ4v) is 3.15. The first-order chi connectivity index (χ1) is 7.99. The Balaban J connectivity index is 2.36. The minimum Gasteiger partial charge on any atom is -0.207 e. The summed E-state index contributed by atoms with van der Waals surface area (Å²) in [6.45, 7) is 3.68. The summed E-state index contributed by atoms with van der Waals surface area (Å²) in [6.07, 6.45) is 0. The predicted octanol–water partition coefficient (Wildman–Crippen LogP) is 5.49. The van der Waals surface area contributed by atoms with Crippen LogP contribution in [0.15, 0.2) is 24.3 Å². The maximum Gasteiger partial charge on any atom is 0.126 e. The number of benzene rings is 1. The summed E-state index contributed by atoms with van der Waals surface area (Å²) in [5, 5.41) is -0.273. The lowest BCUT2D eigenvalue weighted by atomic mass is 10.1. The van der Waals surface area contributed by atoms with Crippen molar-refractivity contribution >= 4 is 34.5 Å². The van der Waals surface area contributed by atoms with E-state index in [-0.39, 0.29) is 11.2 Å². The van der Waals surface area contributed by atoms with Gasteiger partial charge in [0.15, 0.2) is 0 Å². The van der Waals surface area contributed by atoms with E-state index < -0.39 is 0 Å². The molecule has 2 rings (SSSR count). The molecule has 0 bridgehead atoms. The molecule has 0 saturated heterocycles. The lowest BCUT2D eigenvalue weighted by Crippen LogP contribution is -1.92. The van der Waals surface area contributed by atoms with Crippen LogP contribution < -0.4 is 0 Å². The van der Waals surface area contributed by atoms with Crippen molar-refractivity contribution in [3.63, 3.8) is 0 Å². The van der Waals surface area contributed by atoms with Gasteiger partial charge >= 0.3 is 0 Å².